The zero-order valence-electron chi connectivity index (χ0n) is 16.1. The minimum absolute atomic E-state index is 0.102. The van der Waals surface area contributed by atoms with Gasteiger partial charge in [-0.05, 0) is 38.1 Å². The number of nitrogens with one attached hydrogen (secondary N) is 1. The number of para-hydroxylation sites is 1. The van der Waals surface area contributed by atoms with Gasteiger partial charge in [-0.25, -0.2) is 9.36 Å². The lowest BCUT2D eigenvalue weighted by Gasteiger charge is -2.09. The Hall–Kier alpha value is -3.75. The molecule has 29 heavy (non-hydrogen) atoms. The third-order valence-corrected chi connectivity index (χ3v) is 4.51. The topological polar surface area (TPSA) is 108 Å². The summed E-state index contributed by atoms with van der Waals surface area (Å²) in [6.07, 6.45) is 0.102. The second-order valence-electron chi connectivity index (χ2n) is 6.74. The number of fused-ring (bicyclic) bond motifs is 1. The molecule has 3 heterocycles. The maximum atomic E-state index is 12.3. The van der Waals surface area contributed by atoms with Gasteiger partial charge in [0, 0.05) is 23.7 Å². The van der Waals surface area contributed by atoms with Crippen LogP contribution in [0.15, 0.2) is 51.8 Å². The van der Waals surface area contributed by atoms with Gasteiger partial charge in [-0.1, -0.05) is 17.3 Å². The van der Waals surface area contributed by atoms with Crippen molar-refractivity contribution in [3.8, 4) is 5.82 Å². The highest BCUT2D eigenvalue weighted by Crippen LogP contribution is 2.17. The summed E-state index contributed by atoms with van der Waals surface area (Å²) in [5, 5.41) is 16.3. The average molecular weight is 392 g/mol. The molecular weight excluding hydrogens is 372 g/mol. The van der Waals surface area contributed by atoms with Crippen molar-refractivity contribution >= 4 is 16.9 Å². The fourth-order valence-electron chi connectivity index (χ4n) is 3.15. The Morgan fingerprint density at radius 2 is 1.97 bits per heavy atom. The van der Waals surface area contributed by atoms with Crippen LogP contribution < -0.4 is 10.9 Å². The average Bonchev–Trinajstić information content (AvgIpc) is 3.26. The number of hydrogen-bond acceptors (Lipinski definition) is 6. The van der Waals surface area contributed by atoms with E-state index in [9.17, 15) is 9.59 Å². The number of aromatic nitrogens is 5. The lowest BCUT2D eigenvalue weighted by atomic mass is 10.1. The number of carbonyl (C=O) groups is 1. The van der Waals surface area contributed by atoms with E-state index in [1.165, 1.54) is 10.7 Å². The Morgan fingerprint density at radius 1 is 1.14 bits per heavy atom. The molecule has 0 aliphatic carbocycles. The first-order valence-corrected chi connectivity index (χ1v) is 9.23. The van der Waals surface area contributed by atoms with E-state index >= 15 is 0 Å². The molecule has 1 aromatic carbocycles. The largest absolute Gasteiger partial charge is 0.356 e. The van der Waals surface area contributed by atoms with Crippen LogP contribution in [0.2, 0.25) is 0 Å². The number of carbonyl (C=O) groups excluding carboxylic acids is 1. The third kappa shape index (κ3) is 3.93. The van der Waals surface area contributed by atoms with Crippen molar-refractivity contribution in [1.29, 1.82) is 0 Å². The van der Waals surface area contributed by atoms with Crippen molar-refractivity contribution in [2.75, 3.05) is 6.54 Å². The third-order valence-electron chi connectivity index (χ3n) is 4.51. The molecule has 0 atom stereocenters. The lowest BCUT2D eigenvalue weighted by Crippen LogP contribution is -2.33. The second kappa shape index (κ2) is 7.70. The van der Waals surface area contributed by atoms with Crippen LogP contribution in [0.25, 0.3) is 16.8 Å². The molecule has 0 spiro atoms. The number of benzene rings is 1. The molecule has 9 heteroatoms. The van der Waals surface area contributed by atoms with Crippen LogP contribution in [0, 0.1) is 13.8 Å². The number of hydrogen-bond donors (Lipinski definition) is 1. The molecule has 0 saturated heterocycles. The molecule has 0 bridgehead atoms. The summed E-state index contributed by atoms with van der Waals surface area (Å²) < 4.78 is 8.21. The first kappa shape index (κ1) is 18.6. The molecule has 3 aromatic heterocycles. The number of rotatable bonds is 6. The number of aryl methyl sites for hydroxylation is 2. The Kier molecular flexibility index (Phi) is 4.94. The predicted molar refractivity (Wildman–Crippen MR) is 106 cm³/mol. The van der Waals surface area contributed by atoms with Crippen LogP contribution >= 0.6 is 0 Å². The molecule has 9 nitrogen and oxygen atoms in total. The summed E-state index contributed by atoms with van der Waals surface area (Å²) in [5.74, 6) is 0.349. The van der Waals surface area contributed by atoms with E-state index in [4.69, 9.17) is 4.52 Å². The second-order valence-corrected chi connectivity index (χ2v) is 6.74. The monoisotopic (exact) mass is 392 g/mol. The van der Waals surface area contributed by atoms with E-state index in [0.29, 0.717) is 17.1 Å². The highest BCUT2D eigenvalue weighted by atomic mass is 16.5. The Morgan fingerprint density at radius 3 is 2.76 bits per heavy atom. The molecule has 0 saturated carbocycles. The summed E-state index contributed by atoms with van der Waals surface area (Å²) >= 11 is 0. The van der Waals surface area contributed by atoms with E-state index < -0.39 is 0 Å². The predicted octanol–water partition coefficient (Wildman–Crippen LogP) is 1.55. The minimum atomic E-state index is -0.243. The van der Waals surface area contributed by atoms with Crippen LogP contribution in [0.1, 0.15) is 17.1 Å². The number of amides is 1. The molecule has 148 valence electrons. The van der Waals surface area contributed by atoms with E-state index in [2.05, 4.69) is 20.7 Å². The van der Waals surface area contributed by atoms with Crippen molar-refractivity contribution in [3.05, 3.63) is 69.9 Å². The van der Waals surface area contributed by atoms with Gasteiger partial charge in [0.15, 0.2) is 11.4 Å². The fourth-order valence-corrected chi connectivity index (χ4v) is 3.15. The molecule has 4 aromatic rings. The molecule has 0 unspecified atom stereocenters. The first-order valence-electron chi connectivity index (χ1n) is 9.23. The summed E-state index contributed by atoms with van der Waals surface area (Å²) in [6.45, 7) is 4.33. The van der Waals surface area contributed by atoms with Gasteiger partial charge < -0.3 is 9.84 Å². The van der Waals surface area contributed by atoms with Gasteiger partial charge in [-0.3, -0.25) is 9.59 Å². The molecule has 1 N–H and O–H groups in total. The Labute approximate surface area is 165 Å². The molecule has 0 aliphatic heterocycles. The summed E-state index contributed by atoms with van der Waals surface area (Å²) in [5.41, 5.74) is 2.78. The number of nitrogens with zero attached hydrogens (tertiary/aromatic N) is 5. The molecular formula is C20H20N6O3. The molecule has 1 amide bonds. The molecule has 0 fully saturated rings. The zero-order chi connectivity index (χ0) is 20.4. The highest BCUT2D eigenvalue weighted by Gasteiger charge is 2.12. The van der Waals surface area contributed by atoms with E-state index in [-0.39, 0.29) is 31.0 Å². The first-order chi connectivity index (χ1) is 14.0. The normalized spacial score (nSPS) is 11.1. The Bertz CT molecular complexity index is 1240. The van der Waals surface area contributed by atoms with Crippen LogP contribution in [-0.2, 0) is 17.8 Å². The molecule has 4 rings (SSSR count). The standard InChI is InChI=1S/C20H20N6O3/c1-13-11-14(2)26(22-13)18-7-8-20(28)25(23-18)10-9-21-19(27)12-16-15-5-3-4-6-17(15)29-24-16/h3-8,11H,9-10,12H2,1-2H3,(H,21,27). The van der Waals surface area contributed by atoms with Crippen molar-refractivity contribution in [1.82, 2.24) is 30.0 Å². The lowest BCUT2D eigenvalue weighted by molar-refractivity contribution is -0.120. The van der Waals surface area contributed by atoms with Crippen LogP contribution in [0.5, 0.6) is 0 Å². The molecule has 0 radical (unpaired) electrons. The van der Waals surface area contributed by atoms with Gasteiger partial charge in [-0.15, -0.1) is 5.10 Å². The van der Waals surface area contributed by atoms with Crippen LogP contribution in [0.3, 0.4) is 0 Å². The van der Waals surface area contributed by atoms with Gasteiger partial charge in [0.25, 0.3) is 5.56 Å². The maximum absolute atomic E-state index is 12.3. The zero-order valence-corrected chi connectivity index (χ0v) is 16.1. The van der Waals surface area contributed by atoms with Crippen LogP contribution in [-0.4, -0.2) is 37.2 Å². The van der Waals surface area contributed by atoms with Gasteiger partial charge >= 0.3 is 0 Å². The highest BCUT2D eigenvalue weighted by molar-refractivity contribution is 5.86. The van der Waals surface area contributed by atoms with Crippen molar-refractivity contribution < 1.29 is 9.32 Å². The van der Waals surface area contributed by atoms with Gasteiger partial charge in [0.05, 0.1) is 18.7 Å². The van der Waals surface area contributed by atoms with Gasteiger partial charge in [0.2, 0.25) is 5.91 Å². The minimum Gasteiger partial charge on any atom is -0.356 e. The summed E-state index contributed by atoms with van der Waals surface area (Å²) in [6, 6.07) is 12.4. The van der Waals surface area contributed by atoms with E-state index in [1.54, 1.807) is 16.8 Å². The van der Waals surface area contributed by atoms with Crippen molar-refractivity contribution in [2.24, 2.45) is 0 Å². The maximum Gasteiger partial charge on any atom is 0.266 e. The fraction of sp³-hybridized carbons (Fsp3) is 0.250. The summed E-state index contributed by atoms with van der Waals surface area (Å²) in [4.78, 5) is 24.4. The van der Waals surface area contributed by atoms with E-state index in [1.807, 2.05) is 38.1 Å². The SMILES string of the molecule is Cc1cc(C)n(-c2ccc(=O)n(CCNC(=O)Cc3noc4ccccc34)n2)n1. The summed E-state index contributed by atoms with van der Waals surface area (Å²) in [7, 11) is 0. The Balaban J connectivity index is 1.40. The van der Waals surface area contributed by atoms with Crippen LogP contribution in [0.4, 0.5) is 0 Å². The van der Waals surface area contributed by atoms with E-state index in [0.717, 1.165) is 16.8 Å². The van der Waals surface area contributed by atoms with Gasteiger partial charge in [-0.2, -0.15) is 5.10 Å². The van der Waals surface area contributed by atoms with Crippen molar-refractivity contribution in [3.63, 3.8) is 0 Å². The molecule has 0 aliphatic rings. The quantitative estimate of drug-likeness (QED) is 0.533. The van der Waals surface area contributed by atoms with Crippen molar-refractivity contribution in [2.45, 2.75) is 26.8 Å². The van der Waals surface area contributed by atoms with Gasteiger partial charge in [0.1, 0.15) is 5.69 Å². The smallest absolute Gasteiger partial charge is 0.266 e.